The number of halogens is 3. The monoisotopic (exact) mass is 308 g/mol. The van der Waals surface area contributed by atoms with Crippen molar-refractivity contribution in [3.8, 4) is 5.75 Å². The highest BCUT2D eigenvalue weighted by atomic mass is 32.2. The first-order chi connectivity index (χ1) is 9.12. The topological polar surface area (TPSA) is 43.4 Å². The second kappa shape index (κ2) is 5.87. The Morgan fingerprint density at radius 1 is 1.35 bits per heavy atom. The number of allylic oxidation sites excluding steroid dienone is 2. The summed E-state index contributed by atoms with van der Waals surface area (Å²) in [6.45, 7) is 5.30. The molecule has 0 aliphatic carbocycles. The van der Waals surface area contributed by atoms with Crippen LogP contribution in [-0.4, -0.2) is 13.9 Å². The van der Waals surface area contributed by atoms with Crippen LogP contribution in [0.1, 0.15) is 31.4 Å². The number of hydrogen-bond acceptors (Lipinski definition) is 3. The third-order valence-electron chi connectivity index (χ3n) is 2.76. The van der Waals surface area contributed by atoms with Crippen molar-refractivity contribution < 1.29 is 25.8 Å². The zero-order valence-corrected chi connectivity index (χ0v) is 12.1. The molecule has 7 heteroatoms. The molecule has 0 fully saturated rings. The number of aryl methyl sites for hydroxylation is 1. The van der Waals surface area contributed by atoms with E-state index in [1.165, 1.54) is 19.1 Å². The maximum Gasteiger partial charge on any atom is 0.534 e. The lowest BCUT2D eigenvalue weighted by atomic mass is 10.0. The van der Waals surface area contributed by atoms with Gasteiger partial charge < -0.3 is 4.18 Å². The quantitative estimate of drug-likeness (QED) is 0.623. The Balaban J connectivity index is 3.13. The van der Waals surface area contributed by atoms with Crippen molar-refractivity contribution >= 4 is 15.7 Å². The molecule has 0 atom stereocenters. The molecule has 0 amide bonds. The molecule has 1 rings (SSSR count). The summed E-state index contributed by atoms with van der Waals surface area (Å²) in [7, 11) is -5.63. The third-order valence-corrected chi connectivity index (χ3v) is 3.72. The molecule has 1 aromatic carbocycles. The Labute approximate surface area is 116 Å². The average Bonchev–Trinajstić information content (AvgIpc) is 2.32. The molecule has 0 N–H and O–H groups in total. The van der Waals surface area contributed by atoms with Gasteiger partial charge in [0.05, 0.1) is 0 Å². The fourth-order valence-electron chi connectivity index (χ4n) is 1.68. The minimum absolute atomic E-state index is 0.322. The van der Waals surface area contributed by atoms with Gasteiger partial charge in [-0.3, -0.25) is 0 Å². The summed E-state index contributed by atoms with van der Waals surface area (Å²) in [5, 5.41) is 0. The van der Waals surface area contributed by atoms with Gasteiger partial charge in [0, 0.05) is 0 Å². The van der Waals surface area contributed by atoms with Gasteiger partial charge in [0.25, 0.3) is 0 Å². The molecule has 0 bridgehead atoms. The summed E-state index contributed by atoms with van der Waals surface area (Å²) in [5.74, 6) is -0.322. The second-order valence-corrected chi connectivity index (χ2v) is 5.67. The molecule has 0 unspecified atom stereocenters. The van der Waals surface area contributed by atoms with Gasteiger partial charge in [0.1, 0.15) is 5.75 Å². The SMILES string of the molecule is CC=C(CC)c1ccc(OS(=O)(=O)C(F)(F)F)c(C)c1. The van der Waals surface area contributed by atoms with Gasteiger partial charge in [-0.2, -0.15) is 21.6 Å². The summed E-state index contributed by atoms with van der Waals surface area (Å²) >= 11 is 0. The molecule has 0 spiro atoms. The fraction of sp³-hybridized carbons (Fsp3) is 0.385. The van der Waals surface area contributed by atoms with Crippen molar-refractivity contribution in [3.63, 3.8) is 0 Å². The van der Waals surface area contributed by atoms with Crippen LogP contribution in [0, 0.1) is 6.92 Å². The van der Waals surface area contributed by atoms with E-state index >= 15 is 0 Å². The standard InChI is InChI=1S/C13H15F3O3S/c1-4-10(5-2)11-6-7-12(9(3)8-11)19-20(17,18)13(14,15)16/h4,6-8H,5H2,1-3H3. The zero-order valence-electron chi connectivity index (χ0n) is 11.3. The van der Waals surface area contributed by atoms with E-state index in [4.69, 9.17) is 0 Å². The normalized spacial score (nSPS) is 13.4. The molecule has 3 nitrogen and oxygen atoms in total. The van der Waals surface area contributed by atoms with Crippen LogP contribution in [0.2, 0.25) is 0 Å². The van der Waals surface area contributed by atoms with Crippen LogP contribution in [0.25, 0.3) is 5.57 Å². The highest BCUT2D eigenvalue weighted by molar-refractivity contribution is 7.88. The highest BCUT2D eigenvalue weighted by Gasteiger charge is 2.48. The van der Waals surface area contributed by atoms with Crippen LogP contribution in [0.5, 0.6) is 5.75 Å². The van der Waals surface area contributed by atoms with Gasteiger partial charge >= 0.3 is 15.6 Å². The zero-order chi connectivity index (χ0) is 15.6. The van der Waals surface area contributed by atoms with Gasteiger partial charge in [0.15, 0.2) is 0 Å². The Kier molecular flexibility index (Phi) is 4.86. The van der Waals surface area contributed by atoms with Crippen LogP contribution in [-0.2, 0) is 10.1 Å². The van der Waals surface area contributed by atoms with E-state index < -0.39 is 15.6 Å². The van der Waals surface area contributed by atoms with E-state index in [1.54, 1.807) is 6.07 Å². The summed E-state index contributed by atoms with van der Waals surface area (Å²) < 4.78 is 62.8. The fourth-order valence-corrected chi connectivity index (χ4v) is 2.20. The minimum atomic E-state index is -5.63. The summed E-state index contributed by atoms with van der Waals surface area (Å²) in [6, 6.07) is 4.36. The molecule has 112 valence electrons. The van der Waals surface area contributed by atoms with Crippen molar-refractivity contribution in [3.05, 3.63) is 35.4 Å². The molecule has 0 heterocycles. The van der Waals surface area contributed by atoms with Crippen molar-refractivity contribution in [2.24, 2.45) is 0 Å². The maximum absolute atomic E-state index is 12.2. The molecule has 0 saturated heterocycles. The molecular weight excluding hydrogens is 293 g/mol. The van der Waals surface area contributed by atoms with E-state index in [1.807, 2.05) is 19.9 Å². The average molecular weight is 308 g/mol. The summed E-state index contributed by atoms with van der Waals surface area (Å²) in [6.07, 6.45) is 2.65. The Bertz CT molecular complexity index is 616. The summed E-state index contributed by atoms with van der Waals surface area (Å²) in [5.41, 5.74) is -3.28. The predicted octanol–water partition coefficient (Wildman–Crippen LogP) is 4.04. The molecule has 0 aromatic heterocycles. The Hall–Kier alpha value is -1.50. The van der Waals surface area contributed by atoms with Crippen LogP contribution in [0.15, 0.2) is 24.3 Å². The molecular formula is C13H15F3O3S. The molecule has 1 aromatic rings. The molecule has 0 aliphatic heterocycles. The van der Waals surface area contributed by atoms with E-state index in [9.17, 15) is 21.6 Å². The molecule has 0 saturated carbocycles. The predicted molar refractivity (Wildman–Crippen MR) is 70.7 cm³/mol. The smallest absolute Gasteiger partial charge is 0.376 e. The maximum atomic E-state index is 12.2. The second-order valence-electron chi connectivity index (χ2n) is 4.13. The van der Waals surface area contributed by atoms with E-state index in [0.717, 1.165) is 17.6 Å². The number of benzene rings is 1. The first kappa shape index (κ1) is 16.6. The molecule has 0 aliphatic rings. The van der Waals surface area contributed by atoms with Gasteiger partial charge in [-0.25, -0.2) is 0 Å². The molecule has 0 radical (unpaired) electrons. The van der Waals surface area contributed by atoms with E-state index in [-0.39, 0.29) is 5.75 Å². The summed E-state index contributed by atoms with van der Waals surface area (Å²) in [4.78, 5) is 0. The van der Waals surface area contributed by atoms with Crippen LogP contribution < -0.4 is 4.18 Å². The Morgan fingerprint density at radius 2 is 1.95 bits per heavy atom. The van der Waals surface area contributed by atoms with Crippen LogP contribution in [0.3, 0.4) is 0 Å². The van der Waals surface area contributed by atoms with E-state index in [2.05, 4.69) is 4.18 Å². The number of alkyl halides is 3. The minimum Gasteiger partial charge on any atom is -0.376 e. The van der Waals surface area contributed by atoms with Gasteiger partial charge in [0.2, 0.25) is 0 Å². The number of hydrogen-bond donors (Lipinski definition) is 0. The van der Waals surface area contributed by atoms with Crippen molar-refractivity contribution in [2.75, 3.05) is 0 Å². The lowest BCUT2D eigenvalue weighted by Gasteiger charge is -2.13. The van der Waals surface area contributed by atoms with Crippen LogP contribution >= 0.6 is 0 Å². The highest BCUT2D eigenvalue weighted by Crippen LogP contribution is 2.30. The lowest BCUT2D eigenvalue weighted by Crippen LogP contribution is -2.28. The molecule has 20 heavy (non-hydrogen) atoms. The largest absolute Gasteiger partial charge is 0.534 e. The Morgan fingerprint density at radius 3 is 2.35 bits per heavy atom. The van der Waals surface area contributed by atoms with E-state index in [0.29, 0.717) is 5.56 Å². The van der Waals surface area contributed by atoms with Crippen LogP contribution in [0.4, 0.5) is 13.2 Å². The third kappa shape index (κ3) is 3.53. The first-order valence-electron chi connectivity index (χ1n) is 5.89. The lowest BCUT2D eigenvalue weighted by molar-refractivity contribution is -0.0500. The van der Waals surface area contributed by atoms with Gasteiger partial charge in [-0.1, -0.05) is 19.1 Å². The van der Waals surface area contributed by atoms with Gasteiger partial charge in [-0.05, 0) is 49.1 Å². The first-order valence-corrected chi connectivity index (χ1v) is 7.30. The van der Waals surface area contributed by atoms with Gasteiger partial charge in [-0.15, -0.1) is 0 Å². The van der Waals surface area contributed by atoms with Crippen molar-refractivity contribution in [1.82, 2.24) is 0 Å². The van der Waals surface area contributed by atoms with Crippen molar-refractivity contribution in [1.29, 1.82) is 0 Å². The number of rotatable bonds is 4. The van der Waals surface area contributed by atoms with Crippen molar-refractivity contribution in [2.45, 2.75) is 32.7 Å².